The van der Waals surface area contributed by atoms with Crippen molar-refractivity contribution in [3.63, 3.8) is 0 Å². The van der Waals surface area contributed by atoms with Crippen LogP contribution in [0.15, 0.2) is 53.9 Å². The number of primary amides is 1. The number of aromatic nitrogens is 1. The average molecular weight is 367 g/mol. The van der Waals surface area contributed by atoms with Gasteiger partial charge in [0.25, 0.3) is 5.91 Å². The Kier molecular flexibility index (Phi) is 5.28. The lowest BCUT2D eigenvalue weighted by Crippen LogP contribution is -2.20. The van der Waals surface area contributed by atoms with Crippen LogP contribution in [0.4, 0.5) is 5.69 Å². The van der Waals surface area contributed by atoms with Gasteiger partial charge in [0.2, 0.25) is 5.91 Å². The normalized spacial score (nSPS) is 10.3. The second-order valence-electron chi connectivity index (χ2n) is 5.56. The number of anilines is 1. The highest BCUT2D eigenvalue weighted by atomic mass is 32.1. The number of benzene rings is 2. The van der Waals surface area contributed by atoms with Crippen molar-refractivity contribution in [1.82, 2.24) is 4.98 Å². The molecule has 26 heavy (non-hydrogen) atoms. The van der Waals surface area contributed by atoms with Crippen LogP contribution in [0, 0.1) is 6.92 Å². The molecule has 0 saturated carbocycles. The largest absolute Gasteiger partial charge is 0.484 e. The van der Waals surface area contributed by atoms with E-state index in [9.17, 15) is 9.59 Å². The standard InChI is InChI=1S/C19H17N3O3S/c1-12-21-17(11-26-12)14-3-2-4-15(9-14)22-18(23)10-25-16-7-5-13(6-8-16)19(20)24/h2-9,11H,10H2,1H3,(H2,20,24)(H,22,23). The van der Waals surface area contributed by atoms with Crippen LogP contribution in [0.5, 0.6) is 5.75 Å². The summed E-state index contributed by atoms with van der Waals surface area (Å²) in [4.78, 5) is 27.6. The third-order valence-electron chi connectivity index (χ3n) is 3.57. The molecule has 1 aromatic heterocycles. The third kappa shape index (κ3) is 4.46. The predicted molar refractivity (Wildman–Crippen MR) is 101 cm³/mol. The fraction of sp³-hybridized carbons (Fsp3) is 0.105. The number of aryl methyl sites for hydroxylation is 1. The number of hydrogen-bond donors (Lipinski definition) is 2. The Bertz CT molecular complexity index is 935. The van der Waals surface area contributed by atoms with Gasteiger partial charge >= 0.3 is 0 Å². The monoisotopic (exact) mass is 367 g/mol. The van der Waals surface area contributed by atoms with Gasteiger partial charge < -0.3 is 15.8 Å². The number of nitrogens with two attached hydrogens (primary N) is 1. The van der Waals surface area contributed by atoms with Gasteiger partial charge in [0.15, 0.2) is 6.61 Å². The minimum Gasteiger partial charge on any atom is -0.484 e. The van der Waals surface area contributed by atoms with Crippen molar-refractivity contribution in [2.75, 3.05) is 11.9 Å². The number of nitrogens with one attached hydrogen (secondary N) is 1. The van der Waals surface area contributed by atoms with Crippen LogP contribution >= 0.6 is 11.3 Å². The van der Waals surface area contributed by atoms with Gasteiger partial charge in [0.05, 0.1) is 10.7 Å². The van der Waals surface area contributed by atoms with Gasteiger partial charge in [-0.15, -0.1) is 11.3 Å². The Balaban J connectivity index is 1.59. The molecule has 3 aromatic rings. The smallest absolute Gasteiger partial charge is 0.262 e. The highest BCUT2D eigenvalue weighted by Crippen LogP contribution is 2.24. The Hall–Kier alpha value is -3.19. The van der Waals surface area contributed by atoms with E-state index in [0.29, 0.717) is 17.0 Å². The fourth-order valence-electron chi connectivity index (χ4n) is 2.31. The second-order valence-corrected chi connectivity index (χ2v) is 6.62. The maximum atomic E-state index is 12.1. The average Bonchev–Trinajstić information content (AvgIpc) is 3.07. The summed E-state index contributed by atoms with van der Waals surface area (Å²) in [6.45, 7) is 1.81. The molecule has 0 radical (unpaired) electrons. The van der Waals surface area contributed by atoms with E-state index in [1.165, 1.54) is 0 Å². The maximum Gasteiger partial charge on any atom is 0.262 e. The van der Waals surface area contributed by atoms with Crippen molar-refractivity contribution >= 4 is 28.8 Å². The van der Waals surface area contributed by atoms with Crippen LogP contribution in [0.3, 0.4) is 0 Å². The van der Waals surface area contributed by atoms with Gasteiger partial charge in [-0.05, 0) is 43.3 Å². The first-order valence-corrected chi connectivity index (χ1v) is 8.74. The summed E-state index contributed by atoms with van der Waals surface area (Å²) >= 11 is 1.58. The summed E-state index contributed by atoms with van der Waals surface area (Å²) in [6.07, 6.45) is 0. The van der Waals surface area contributed by atoms with E-state index >= 15 is 0 Å². The molecule has 2 aromatic carbocycles. The van der Waals surface area contributed by atoms with E-state index in [-0.39, 0.29) is 12.5 Å². The van der Waals surface area contributed by atoms with E-state index in [1.807, 2.05) is 36.6 Å². The Labute approximate surface area is 154 Å². The number of carbonyl (C=O) groups is 2. The highest BCUT2D eigenvalue weighted by Gasteiger charge is 2.07. The van der Waals surface area contributed by atoms with Gasteiger partial charge in [-0.25, -0.2) is 4.98 Å². The van der Waals surface area contributed by atoms with Gasteiger partial charge in [-0.3, -0.25) is 9.59 Å². The molecule has 0 spiro atoms. The molecule has 6 nitrogen and oxygen atoms in total. The number of nitrogens with zero attached hydrogens (tertiary/aromatic N) is 1. The number of carbonyl (C=O) groups excluding carboxylic acids is 2. The second kappa shape index (κ2) is 7.79. The van der Waals surface area contributed by atoms with Crippen molar-refractivity contribution in [1.29, 1.82) is 0 Å². The lowest BCUT2D eigenvalue weighted by Gasteiger charge is -2.08. The number of rotatable bonds is 6. The van der Waals surface area contributed by atoms with E-state index in [4.69, 9.17) is 10.5 Å². The zero-order chi connectivity index (χ0) is 18.5. The molecule has 0 bridgehead atoms. The van der Waals surface area contributed by atoms with Crippen LogP contribution < -0.4 is 15.8 Å². The number of thiazole rings is 1. The number of amides is 2. The summed E-state index contributed by atoms with van der Waals surface area (Å²) in [7, 11) is 0. The first kappa shape index (κ1) is 17.6. The van der Waals surface area contributed by atoms with Crippen molar-refractivity contribution in [3.8, 4) is 17.0 Å². The molecule has 0 aliphatic carbocycles. The highest BCUT2D eigenvalue weighted by molar-refractivity contribution is 7.09. The van der Waals surface area contributed by atoms with Gasteiger partial charge in [0.1, 0.15) is 5.75 Å². The van der Waals surface area contributed by atoms with E-state index in [0.717, 1.165) is 16.3 Å². The molecule has 0 unspecified atom stereocenters. The molecular weight excluding hydrogens is 350 g/mol. The molecule has 0 atom stereocenters. The minimum atomic E-state index is -0.510. The van der Waals surface area contributed by atoms with Crippen molar-refractivity contribution in [2.24, 2.45) is 5.73 Å². The van der Waals surface area contributed by atoms with Crippen LogP contribution in [-0.4, -0.2) is 23.4 Å². The molecule has 0 aliphatic rings. The lowest BCUT2D eigenvalue weighted by atomic mass is 10.1. The van der Waals surface area contributed by atoms with Crippen LogP contribution in [-0.2, 0) is 4.79 Å². The van der Waals surface area contributed by atoms with Gasteiger partial charge in [0, 0.05) is 22.2 Å². The van der Waals surface area contributed by atoms with E-state index in [2.05, 4.69) is 10.3 Å². The Morgan fingerprint density at radius 1 is 1.19 bits per heavy atom. The first-order chi connectivity index (χ1) is 12.5. The molecule has 132 valence electrons. The Morgan fingerprint density at radius 2 is 1.96 bits per heavy atom. The Morgan fingerprint density at radius 3 is 2.62 bits per heavy atom. The molecule has 2 amide bonds. The SMILES string of the molecule is Cc1nc(-c2cccc(NC(=O)COc3ccc(C(N)=O)cc3)c2)cs1. The summed E-state index contributed by atoms with van der Waals surface area (Å²) < 4.78 is 5.42. The fourth-order valence-corrected chi connectivity index (χ4v) is 2.94. The number of ether oxygens (including phenoxy) is 1. The van der Waals surface area contributed by atoms with Gasteiger partial charge in [-0.1, -0.05) is 12.1 Å². The van der Waals surface area contributed by atoms with Crippen LogP contribution in [0.2, 0.25) is 0 Å². The predicted octanol–water partition coefficient (Wildman–Crippen LogP) is 3.23. The summed E-state index contributed by atoms with van der Waals surface area (Å²) in [5.74, 6) is -0.308. The van der Waals surface area contributed by atoms with E-state index in [1.54, 1.807) is 35.6 Å². The topological polar surface area (TPSA) is 94.3 Å². The zero-order valence-corrected chi connectivity index (χ0v) is 14.9. The minimum absolute atomic E-state index is 0.143. The summed E-state index contributed by atoms with van der Waals surface area (Å²) in [5, 5.41) is 5.77. The van der Waals surface area contributed by atoms with E-state index < -0.39 is 5.91 Å². The lowest BCUT2D eigenvalue weighted by molar-refractivity contribution is -0.118. The zero-order valence-electron chi connectivity index (χ0n) is 14.1. The van der Waals surface area contributed by atoms with Crippen LogP contribution in [0.1, 0.15) is 15.4 Å². The molecule has 7 heteroatoms. The summed E-state index contributed by atoms with van der Waals surface area (Å²) in [6, 6.07) is 13.8. The molecule has 0 saturated heterocycles. The molecular formula is C19H17N3O3S. The van der Waals surface area contributed by atoms with Crippen LogP contribution in [0.25, 0.3) is 11.3 Å². The van der Waals surface area contributed by atoms with Gasteiger partial charge in [-0.2, -0.15) is 0 Å². The number of hydrogen-bond acceptors (Lipinski definition) is 5. The molecule has 1 heterocycles. The van der Waals surface area contributed by atoms with Crippen molar-refractivity contribution in [3.05, 3.63) is 64.5 Å². The van der Waals surface area contributed by atoms with Crippen molar-refractivity contribution < 1.29 is 14.3 Å². The quantitative estimate of drug-likeness (QED) is 0.699. The first-order valence-electron chi connectivity index (χ1n) is 7.86. The van der Waals surface area contributed by atoms with Crippen molar-refractivity contribution in [2.45, 2.75) is 6.92 Å². The third-order valence-corrected chi connectivity index (χ3v) is 4.34. The molecule has 3 N–H and O–H groups in total. The molecule has 3 rings (SSSR count). The molecule has 0 fully saturated rings. The maximum absolute atomic E-state index is 12.1. The molecule has 0 aliphatic heterocycles. The summed E-state index contributed by atoms with van der Waals surface area (Å²) in [5.41, 5.74) is 8.06.